The predicted octanol–water partition coefficient (Wildman–Crippen LogP) is 4.93. The van der Waals surface area contributed by atoms with Gasteiger partial charge in [0.15, 0.2) is 5.78 Å². The number of aromatic hydroxyl groups is 1. The number of phenols is 1. The minimum atomic E-state index is -3.24. The number of phenolic OH excluding ortho intramolecular Hbond substituents is 1. The van der Waals surface area contributed by atoms with Gasteiger partial charge in [0.2, 0.25) is 0 Å². The van der Waals surface area contributed by atoms with Crippen LogP contribution in [-0.4, -0.2) is 37.1 Å². The average molecular weight is 426 g/mol. The lowest BCUT2D eigenvalue weighted by atomic mass is 9.78. The summed E-state index contributed by atoms with van der Waals surface area (Å²) in [6.07, 6.45) is 0.418. The SMILES string of the molecule is COP(C)(=O)OCC(=O)CC(=O)CCc1cc(C(C)(C)C)c(O)c(C(C)(C)C)c1. The van der Waals surface area contributed by atoms with Crippen LogP contribution in [0.1, 0.15) is 71.1 Å². The number of carbonyl (C=O) groups is 2. The van der Waals surface area contributed by atoms with Crippen LogP contribution in [0.15, 0.2) is 12.1 Å². The van der Waals surface area contributed by atoms with Crippen LogP contribution < -0.4 is 0 Å². The molecule has 0 heterocycles. The zero-order chi connectivity index (χ0) is 22.6. The number of Topliss-reactive ketones (excluding diaryl/α,β-unsaturated/α-hetero) is 2. The molecule has 1 aromatic carbocycles. The van der Waals surface area contributed by atoms with Crippen molar-refractivity contribution < 1.29 is 28.3 Å². The highest BCUT2D eigenvalue weighted by atomic mass is 31.2. The third-order valence-electron chi connectivity index (χ3n) is 4.66. The molecule has 0 aliphatic rings. The van der Waals surface area contributed by atoms with Gasteiger partial charge in [-0.15, -0.1) is 0 Å². The Kier molecular flexibility index (Phi) is 8.41. The highest BCUT2D eigenvalue weighted by molar-refractivity contribution is 7.52. The third-order valence-corrected chi connectivity index (χ3v) is 5.93. The Labute approximate surface area is 174 Å². The molecule has 6 nitrogen and oxygen atoms in total. The minimum absolute atomic E-state index is 0.204. The molecular formula is C22H35O6P. The van der Waals surface area contributed by atoms with Gasteiger partial charge in [-0.2, -0.15) is 0 Å². The summed E-state index contributed by atoms with van der Waals surface area (Å²) in [7, 11) is -2.00. The molecule has 0 saturated heterocycles. The van der Waals surface area contributed by atoms with Crippen LogP contribution in [0.2, 0.25) is 0 Å². The molecule has 1 atom stereocenters. The fourth-order valence-corrected chi connectivity index (χ4v) is 3.35. The van der Waals surface area contributed by atoms with E-state index >= 15 is 0 Å². The van der Waals surface area contributed by atoms with Gasteiger partial charge in [-0.1, -0.05) is 53.7 Å². The summed E-state index contributed by atoms with van der Waals surface area (Å²) in [5, 5.41) is 10.8. The molecule has 0 bridgehead atoms. The van der Waals surface area contributed by atoms with E-state index in [1.165, 1.54) is 13.8 Å². The molecule has 0 radical (unpaired) electrons. The van der Waals surface area contributed by atoms with Crippen molar-refractivity contribution in [2.24, 2.45) is 0 Å². The first kappa shape index (κ1) is 25.5. The van der Waals surface area contributed by atoms with Crippen LogP contribution in [-0.2, 0) is 40.5 Å². The molecule has 1 N–H and O–H groups in total. The molecule has 1 rings (SSSR count). The van der Waals surface area contributed by atoms with Crippen LogP contribution in [0.5, 0.6) is 5.75 Å². The Hall–Kier alpha value is -1.49. The summed E-state index contributed by atoms with van der Waals surface area (Å²) in [6.45, 7) is 13.1. The lowest BCUT2D eigenvalue weighted by Gasteiger charge is -2.28. The largest absolute Gasteiger partial charge is 0.507 e. The zero-order valence-corrected chi connectivity index (χ0v) is 19.8. The number of rotatable bonds is 9. The fraction of sp³-hybridized carbons (Fsp3) is 0.636. The first-order valence-corrected chi connectivity index (χ1v) is 11.7. The van der Waals surface area contributed by atoms with Gasteiger partial charge in [-0.05, 0) is 33.9 Å². The van der Waals surface area contributed by atoms with Crippen molar-refractivity contribution in [3.05, 3.63) is 28.8 Å². The molecule has 0 amide bonds. The van der Waals surface area contributed by atoms with Gasteiger partial charge in [0.1, 0.15) is 18.1 Å². The highest BCUT2D eigenvalue weighted by Gasteiger charge is 2.26. The Bertz CT molecular complexity index is 763. The van der Waals surface area contributed by atoms with Crippen LogP contribution in [0, 0.1) is 0 Å². The van der Waals surface area contributed by atoms with Crippen molar-refractivity contribution in [3.8, 4) is 5.75 Å². The Balaban J connectivity index is 2.87. The van der Waals surface area contributed by atoms with E-state index in [1.807, 2.05) is 53.7 Å². The topological polar surface area (TPSA) is 89.9 Å². The first-order valence-electron chi connectivity index (χ1n) is 9.75. The maximum Gasteiger partial charge on any atom is 0.327 e. The van der Waals surface area contributed by atoms with E-state index in [-0.39, 0.29) is 29.5 Å². The molecule has 0 spiro atoms. The van der Waals surface area contributed by atoms with Crippen molar-refractivity contribution in [2.75, 3.05) is 20.4 Å². The predicted molar refractivity (Wildman–Crippen MR) is 115 cm³/mol. The molecule has 29 heavy (non-hydrogen) atoms. The molecule has 0 fully saturated rings. The number of hydrogen-bond donors (Lipinski definition) is 1. The van der Waals surface area contributed by atoms with Crippen molar-refractivity contribution in [1.82, 2.24) is 0 Å². The van der Waals surface area contributed by atoms with E-state index in [4.69, 9.17) is 4.52 Å². The van der Waals surface area contributed by atoms with Gasteiger partial charge in [0, 0.05) is 20.2 Å². The van der Waals surface area contributed by atoms with Gasteiger partial charge in [0.25, 0.3) is 0 Å². The molecule has 0 aromatic heterocycles. The quantitative estimate of drug-likeness (QED) is 0.445. The smallest absolute Gasteiger partial charge is 0.327 e. The van der Waals surface area contributed by atoms with E-state index in [9.17, 15) is 19.3 Å². The molecule has 0 aliphatic carbocycles. The van der Waals surface area contributed by atoms with Gasteiger partial charge in [-0.3, -0.25) is 14.2 Å². The highest BCUT2D eigenvalue weighted by Crippen LogP contribution is 2.42. The Morgan fingerprint density at radius 3 is 1.90 bits per heavy atom. The van der Waals surface area contributed by atoms with E-state index in [1.54, 1.807) is 0 Å². The number of carbonyl (C=O) groups excluding carboxylic acids is 2. The van der Waals surface area contributed by atoms with Crippen LogP contribution in [0.25, 0.3) is 0 Å². The second kappa shape index (κ2) is 9.55. The van der Waals surface area contributed by atoms with E-state index < -0.39 is 20.0 Å². The van der Waals surface area contributed by atoms with Crippen LogP contribution >= 0.6 is 7.60 Å². The summed E-state index contributed by atoms with van der Waals surface area (Å²) < 4.78 is 21.2. The van der Waals surface area contributed by atoms with E-state index in [0.29, 0.717) is 12.2 Å². The standard InChI is InChI=1S/C22H35O6P/c1-21(2,3)18-11-15(12-19(20(18)25)22(4,5)6)9-10-16(23)13-17(24)14-28-29(8,26)27-7/h11-12,25H,9-10,13-14H2,1-8H3. The molecule has 1 unspecified atom stereocenters. The minimum Gasteiger partial charge on any atom is -0.507 e. The molecular weight excluding hydrogens is 391 g/mol. The summed E-state index contributed by atoms with van der Waals surface area (Å²) >= 11 is 0. The second-order valence-electron chi connectivity index (χ2n) is 9.52. The summed E-state index contributed by atoms with van der Waals surface area (Å²) in [4.78, 5) is 24.1. The second-order valence-corrected chi connectivity index (χ2v) is 11.7. The molecule has 0 aliphatic heterocycles. The summed E-state index contributed by atoms with van der Waals surface area (Å²) in [6, 6.07) is 3.88. The number of hydrogen-bond acceptors (Lipinski definition) is 6. The first-order chi connectivity index (χ1) is 13.1. The van der Waals surface area contributed by atoms with Crippen molar-refractivity contribution in [3.63, 3.8) is 0 Å². The maximum absolute atomic E-state index is 12.2. The van der Waals surface area contributed by atoms with E-state index in [2.05, 4.69) is 4.52 Å². The molecule has 1 aromatic rings. The van der Waals surface area contributed by atoms with Gasteiger partial charge < -0.3 is 14.2 Å². The Morgan fingerprint density at radius 2 is 1.48 bits per heavy atom. The van der Waals surface area contributed by atoms with Crippen molar-refractivity contribution >= 4 is 19.2 Å². The average Bonchev–Trinajstić information content (AvgIpc) is 2.57. The van der Waals surface area contributed by atoms with Gasteiger partial charge in [0.05, 0.1) is 6.42 Å². The molecule has 164 valence electrons. The normalized spacial score (nSPS) is 14.5. The summed E-state index contributed by atoms with van der Waals surface area (Å²) in [5.74, 6) is -0.329. The van der Waals surface area contributed by atoms with Crippen LogP contribution in [0.4, 0.5) is 0 Å². The van der Waals surface area contributed by atoms with E-state index in [0.717, 1.165) is 16.7 Å². The monoisotopic (exact) mass is 426 g/mol. The van der Waals surface area contributed by atoms with Crippen molar-refractivity contribution in [2.45, 2.75) is 71.6 Å². The van der Waals surface area contributed by atoms with Crippen molar-refractivity contribution in [1.29, 1.82) is 0 Å². The molecule has 0 saturated carbocycles. The lowest BCUT2D eigenvalue weighted by molar-refractivity contribution is -0.128. The number of benzene rings is 1. The number of aryl methyl sites for hydroxylation is 1. The lowest BCUT2D eigenvalue weighted by Crippen LogP contribution is -2.18. The Morgan fingerprint density at radius 1 is 1.00 bits per heavy atom. The maximum atomic E-state index is 12.2. The van der Waals surface area contributed by atoms with Gasteiger partial charge in [-0.25, -0.2) is 0 Å². The molecule has 7 heteroatoms. The van der Waals surface area contributed by atoms with Gasteiger partial charge >= 0.3 is 7.60 Å². The zero-order valence-electron chi connectivity index (χ0n) is 18.9. The van der Waals surface area contributed by atoms with Crippen LogP contribution in [0.3, 0.4) is 0 Å². The number of ketones is 2. The fourth-order valence-electron chi connectivity index (χ4n) is 2.87. The third kappa shape index (κ3) is 8.04. The summed E-state index contributed by atoms with van der Waals surface area (Å²) in [5.41, 5.74) is 2.15.